The van der Waals surface area contributed by atoms with Crippen molar-refractivity contribution in [2.75, 3.05) is 37.1 Å². The van der Waals surface area contributed by atoms with Crippen molar-refractivity contribution in [2.45, 2.75) is 13.5 Å². The van der Waals surface area contributed by atoms with Crippen molar-refractivity contribution in [1.82, 2.24) is 25.2 Å². The normalized spacial score (nSPS) is 11.2. The maximum absolute atomic E-state index is 13.9. The number of ether oxygens (including phenoxy) is 1. The minimum absolute atomic E-state index is 0.0931. The summed E-state index contributed by atoms with van der Waals surface area (Å²) in [5, 5.41) is 18.0. The lowest BCUT2D eigenvalue weighted by molar-refractivity contribution is 0.152. The molecule has 4 rings (SSSR count). The molecule has 0 saturated carbocycles. The number of benzene rings is 2. The fourth-order valence-electron chi connectivity index (χ4n) is 3.39. The first-order valence-corrected chi connectivity index (χ1v) is 10.6. The molecule has 0 atom stereocenters. The lowest BCUT2D eigenvalue weighted by Crippen LogP contribution is -2.37. The summed E-state index contributed by atoms with van der Waals surface area (Å²) >= 11 is 0. The number of hydrogen-bond donors (Lipinski definition) is 2. The van der Waals surface area contributed by atoms with Gasteiger partial charge in [-0.3, -0.25) is 0 Å². The van der Waals surface area contributed by atoms with Gasteiger partial charge in [-0.2, -0.15) is 4.52 Å². The number of rotatable bonds is 10. The van der Waals surface area contributed by atoms with Crippen LogP contribution >= 0.6 is 0 Å². The Hall–Kier alpha value is -3.63. The monoisotopic (exact) mass is 453 g/mol. The van der Waals surface area contributed by atoms with Gasteiger partial charge in [0.05, 0.1) is 18.8 Å². The molecule has 0 aliphatic carbocycles. The second-order valence-electron chi connectivity index (χ2n) is 7.22. The summed E-state index contributed by atoms with van der Waals surface area (Å²) in [5.74, 6) is 0.0892. The first-order chi connectivity index (χ1) is 16.1. The average Bonchev–Trinajstić information content (AvgIpc) is 3.26. The molecule has 0 bridgehead atoms. The zero-order valence-corrected chi connectivity index (χ0v) is 18.4. The SMILES string of the molecule is CCOCCN(NC)c1ccc(-c2nnc3ccc(NCc4cc(F)ccc4F)nn23)cc1. The molecule has 0 unspecified atom stereocenters. The van der Waals surface area contributed by atoms with Gasteiger partial charge in [0.15, 0.2) is 11.5 Å². The number of hydrazine groups is 1. The van der Waals surface area contributed by atoms with Gasteiger partial charge in [-0.05, 0) is 61.5 Å². The predicted octanol–water partition coefficient (Wildman–Crippen LogP) is 3.66. The van der Waals surface area contributed by atoms with Gasteiger partial charge in [-0.25, -0.2) is 14.2 Å². The third-order valence-corrected chi connectivity index (χ3v) is 5.10. The molecular weight excluding hydrogens is 428 g/mol. The molecule has 8 nitrogen and oxygen atoms in total. The Bertz CT molecular complexity index is 1210. The standard InChI is InChI=1S/C23H25F2N7O/c1-3-33-13-12-31(26-2)19-7-4-16(5-8-19)23-29-28-22-11-10-21(30-32(22)23)27-15-17-14-18(24)6-9-20(17)25/h4-11,14,26H,3,12-13,15H2,1-2H3,(H,27,30). The number of halogens is 2. The number of nitrogens with one attached hydrogen (secondary N) is 2. The van der Waals surface area contributed by atoms with Crippen LogP contribution in [0.15, 0.2) is 54.6 Å². The van der Waals surface area contributed by atoms with Gasteiger partial charge >= 0.3 is 0 Å². The number of hydrogen-bond acceptors (Lipinski definition) is 7. The third-order valence-electron chi connectivity index (χ3n) is 5.10. The number of nitrogens with zero attached hydrogens (tertiary/aromatic N) is 5. The Balaban J connectivity index is 1.53. The summed E-state index contributed by atoms with van der Waals surface area (Å²) in [7, 11) is 1.86. The molecule has 0 saturated heterocycles. The molecule has 2 aromatic carbocycles. The Morgan fingerprint density at radius 3 is 2.61 bits per heavy atom. The zero-order chi connectivity index (χ0) is 23.2. The van der Waals surface area contributed by atoms with Gasteiger partial charge < -0.3 is 15.1 Å². The number of fused-ring (bicyclic) bond motifs is 1. The first kappa shape index (κ1) is 22.6. The molecule has 2 heterocycles. The third kappa shape index (κ3) is 5.24. The zero-order valence-electron chi connectivity index (χ0n) is 18.4. The van der Waals surface area contributed by atoms with Gasteiger partial charge in [0, 0.05) is 31.3 Å². The van der Waals surface area contributed by atoms with E-state index in [2.05, 4.69) is 26.0 Å². The van der Waals surface area contributed by atoms with E-state index in [1.807, 2.05) is 43.2 Å². The fraction of sp³-hybridized carbons (Fsp3) is 0.261. The minimum Gasteiger partial charge on any atom is -0.380 e. The van der Waals surface area contributed by atoms with E-state index in [1.165, 1.54) is 0 Å². The molecule has 0 aliphatic heterocycles. The van der Waals surface area contributed by atoms with Crippen LogP contribution < -0.4 is 15.8 Å². The lowest BCUT2D eigenvalue weighted by Gasteiger charge is -2.23. The Morgan fingerprint density at radius 2 is 1.85 bits per heavy atom. The van der Waals surface area contributed by atoms with Crippen molar-refractivity contribution in [1.29, 1.82) is 0 Å². The Labute approximate surface area is 190 Å². The van der Waals surface area contributed by atoms with E-state index in [0.29, 0.717) is 37.0 Å². The summed E-state index contributed by atoms with van der Waals surface area (Å²) in [6, 6.07) is 14.7. The maximum Gasteiger partial charge on any atom is 0.185 e. The van der Waals surface area contributed by atoms with Crippen LogP contribution in [0.5, 0.6) is 0 Å². The van der Waals surface area contributed by atoms with E-state index < -0.39 is 11.6 Å². The molecule has 4 aromatic rings. The van der Waals surface area contributed by atoms with Crippen LogP contribution in [0.2, 0.25) is 0 Å². The molecule has 2 aromatic heterocycles. The molecule has 0 fully saturated rings. The molecule has 33 heavy (non-hydrogen) atoms. The smallest absolute Gasteiger partial charge is 0.185 e. The van der Waals surface area contributed by atoms with Crippen LogP contribution in [0.25, 0.3) is 17.0 Å². The van der Waals surface area contributed by atoms with Crippen molar-refractivity contribution in [2.24, 2.45) is 0 Å². The maximum atomic E-state index is 13.9. The van der Waals surface area contributed by atoms with Crippen LogP contribution in [-0.4, -0.2) is 46.6 Å². The van der Waals surface area contributed by atoms with E-state index in [0.717, 1.165) is 29.4 Å². The van der Waals surface area contributed by atoms with Crippen molar-refractivity contribution in [3.8, 4) is 11.4 Å². The van der Waals surface area contributed by atoms with Gasteiger partial charge in [-0.15, -0.1) is 15.3 Å². The van der Waals surface area contributed by atoms with E-state index in [1.54, 1.807) is 16.6 Å². The van der Waals surface area contributed by atoms with Crippen LogP contribution in [0, 0.1) is 11.6 Å². The topological polar surface area (TPSA) is 79.6 Å². The fourth-order valence-corrected chi connectivity index (χ4v) is 3.39. The van der Waals surface area contributed by atoms with E-state index >= 15 is 0 Å². The highest BCUT2D eigenvalue weighted by atomic mass is 19.1. The molecular formula is C23H25F2N7O. The van der Waals surface area contributed by atoms with Gasteiger partial charge in [0.1, 0.15) is 17.5 Å². The summed E-state index contributed by atoms with van der Waals surface area (Å²) < 4.78 is 34.4. The van der Waals surface area contributed by atoms with Crippen LogP contribution in [0.4, 0.5) is 20.3 Å². The highest BCUT2D eigenvalue weighted by Gasteiger charge is 2.12. The molecule has 0 spiro atoms. The van der Waals surface area contributed by atoms with E-state index in [4.69, 9.17) is 4.74 Å². The Morgan fingerprint density at radius 1 is 1.03 bits per heavy atom. The number of aromatic nitrogens is 4. The van der Waals surface area contributed by atoms with Crippen LogP contribution in [-0.2, 0) is 11.3 Å². The minimum atomic E-state index is -0.490. The predicted molar refractivity (Wildman–Crippen MR) is 123 cm³/mol. The quantitative estimate of drug-likeness (QED) is 0.280. The first-order valence-electron chi connectivity index (χ1n) is 10.6. The summed E-state index contributed by atoms with van der Waals surface area (Å²) in [6.45, 7) is 4.07. The molecule has 2 N–H and O–H groups in total. The van der Waals surface area contributed by atoms with Crippen molar-refractivity contribution in [3.63, 3.8) is 0 Å². The number of anilines is 2. The Kier molecular flexibility index (Phi) is 7.06. The second-order valence-corrected chi connectivity index (χ2v) is 7.22. The summed E-state index contributed by atoms with van der Waals surface area (Å²) in [4.78, 5) is 0. The van der Waals surface area contributed by atoms with Gasteiger partial charge in [0.25, 0.3) is 0 Å². The highest BCUT2D eigenvalue weighted by molar-refractivity contribution is 5.63. The van der Waals surface area contributed by atoms with Gasteiger partial charge in [0.2, 0.25) is 0 Å². The van der Waals surface area contributed by atoms with Crippen LogP contribution in [0.1, 0.15) is 12.5 Å². The molecule has 0 amide bonds. The second kappa shape index (κ2) is 10.3. The van der Waals surface area contributed by atoms with E-state index in [9.17, 15) is 8.78 Å². The highest BCUT2D eigenvalue weighted by Crippen LogP contribution is 2.22. The largest absolute Gasteiger partial charge is 0.380 e. The van der Waals surface area contributed by atoms with Gasteiger partial charge in [-0.1, -0.05) is 0 Å². The summed E-state index contributed by atoms with van der Waals surface area (Å²) in [6.07, 6.45) is 0. The molecule has 10 heteroatoms. The molecule has 0 radical (unpaired) electrons. The molecule has 0 aliphatic rings. The average molecular weight is 453 g/mol. The van der Waals surface area contributed by atoms with Crippen molar-refractivity contribution in [3.05, 3.63) is 71.8 Å². The van der Waals surface area contributed by atoms with Crippen molar-refractivity contribution < 1.29 is 13.5 Å². The van der Waals surface area contributed by atoms with E-state index in [-0.39, 0.29) is 12.1 Å². The molecule has 172 valence electrons. The summed E-state index contributed by atoms with van der Waals surface area (Å²) in [5.41, 5.74) is 5.77. The van der Waals surface area contributed by atoms with Crippen molar-refractivity contribution >= 4 is 17.2 Å². The lowest BCUT2D eigenvalue weighted by atomic mass is 10.2. The van der Waals surface area contributed by atoms with Crippen LogP contribution in [0.3, 0.4) is 0 Å².